The number of nitrogens with zero attached hydrogens (tertiary/aromatic N) is 2. The van der Waals surface area contributed by atoms with Crippen LogP contribution in [-0.2, 0) is 16.6 Å². The molecular weight excluding hydrogens is 446 g/mol. The topological polar surface area (TPSA) is 75.2 Å². The third-order valence-corrected chi connectivity index (χ3v) is 8.54. The Kier molecular flexibility index (Phi) is 5.66. The average Bonchev–Trinajstić information content (AvgIpc) is 3.55. The van der Waals surface area contributed by atoms with E-state index in [4.69, 9.17) is 11.6 Å². The van der Waals surface area contributed by atoms with Gasteiger partial charge in [-0.1, -0.05) is 30.3 Å². The number of likely N-dealkylation sites (tertiary alicyclic amines) is 1. The molecule has 2 aliphatic heterocycles. The van der Waals surface area contributed by atoms with Crippen molar-refractivity contribution in [1.29, 1.82) is 0 Å². The number of carbonyl (C=O) groups is 1. The minimum Gasteiger partial charge on any atom is -0.347 e. The Bertz CT molecular complexity index is 1170. The first-order chi connectivity index (χ1) is 16.7. The number of imidazole rings is 1. The molecule has 4 heterocycles. The molecule has 6 nitrogen and oxygen atoms in total. The lowest BCUT2D eigenvalue weighted by Crippen LogP contribution is -2.51. The standard InChI is InChI=1S/C27H30ClN5O/c28-24-9-8-20-22(32-24)7-4-11-27(20)17-29-16-21(27)26(34)33-14-10-19(18-5-2-1-3-6-18)15-23(33)25-30-12-13-31-25/h1-3,5-6,8-9,12-13,19,21,23,29H,4,7,10-11,14-17H2,(H,30,31)/p+1/t19-,21+,23?,27+/m1/s1. The number of carbonyl (C=O) groups excluding carboxylic acids is 1. The van der Waals surface area contributed by atoms with Crippen LogP contribution in [0, 0.1) is 5.92 Å². The molecular formula is C27H31ClN5O+. The van der Waals surface area contributed by atoms with Crippen molar-refractivity contribution in [1.82, 2.24) is 20.2 Å². The van der Waals surface area contributed by atoms with E-state index in [-0.39, 0.29) is 23.3 Å². The van der Waals surface area contributed by atoms with Crippen molar-refractivity contribution < 1.29 is 9.78 Å². The van der Waals surface area contributed by atoms with E-state index in [1.165, 1.54) is 16.8 Å². The fraction of sp³-hybridized carbons (Fsp3) is 0.444. The quantitative estimate of drug-likeness (QED) is 0.564. The van der Waals surface area contributed by atoms with E-state index in [9.17, 15) is 4.79 Å². The van der Waals surface area contributed by atoms with Crippen molar-refractivity contribution in [2.24, 2.45) is 5.92 Å². The minimum absolute atomic E-state index is 0.0426. The molecule has 2 fully saturated rings. The Hall–Kier alpha value is -2.70. The Balaban J connectivity index is 1.33. The van der Waals surface area contributed by atoms with Crippen molar-refractivity contribution in [2.75, 3.05) is 19.6 Å². The van der Waals surface area contributed by atoms with Crippen LogP contribution in [0.25, 0.3) is 0 Å². The normalized spacial score (nSPS) is 28.7. The van der Waals surface area contributed by atoms with Crippen LogP contribution in [0.1, 0.15) is 60.3 Å². The number of benzene rings is 1. The minimum atomic E-state index is -0.185. The Morgan fingerprint density at radius 1 is 1.21 bits per heavy atom. The van der Waals surface area contributed by atoms with E-state index in [0.29, 0.717) is 17.6 Å². The molecule has 0 saturated carbocycles. The molecule has 1 aromatic carbocycles. The van der Waals surface area contributed by atoms with Gasteiger partial charge >= 0.3 is 0 Å². The Morgan fingerprint density at radius 3 is 2.91 bits per heavy atom. The van der Waals surface area contributed by atoms with E-state index in [1.54, 1.807) is 6.20 Å². The summed E-state index contributed by atoms with van der Waals surface area (Å²) in [7, 11) is 0. The van der Waals surface area contributed by atoms with Gasteiger partial charge in [-0.05, 0) is 54.8 Å². The summed E-state index contributed by atoms with van der Waals surface area (Å²) in [5.41, 5.74) is 3.61. The van der Waals surface area contributed by atoms with Crippen LogP contribution in [0.5, 0.6) is 0 Å². The first-order valence-electron chi connectivity index (χ1n) is 12.4. The van der Waals surface area contributed by atoms with Crippen molar-refractivity contribution in [3.8, 4) is 0 Å². The molecule has 2 aromatic heterocycles. The lowest BCUT2D eigenvalue weighted by molar-refractivity contribution is -0.390. The molecule has 1 aliphatic carbocycles. The van der Waals surface area contributed by atoms with Gasteiger partial charge in [-0.15, -0.1) is 0 Å². The second-order valence-corrected chi connectivity index (χ2v) is 10.5. The summed E-state index contributed by atoms with van der Waals surface area (Å²) < 4.78 is 0. The molecule has 3 N–H and O–H groups in total. The van der Waals surface area contributed by atoms with Gasteiger partial charge in [-0.2, -0.15) is 4.98 Å². The number of aryl methyl sites for hydroxylation is 1. The molecule has 1 amide bonds. The molecule has 7 heteroatoms. The SMILES string of the molecule is O=C([C@@H]1CNC[C@]12CCCc1[nH+]c(Cl)ccc12)N1CC[C@@H](c2ccccc2)CC1c1ncc[nH]1. The Labute approximate surface area is 205 Å². The van der Waals surface area contributed by atoms with Crippen LogP contribution in [-0.4, -0.2) is 40.4 Å². The van der Waals surface area contributed by atoms with E-state index >= 15 is 0 Å². The van der Waals surface area contributed by atoms with Crippen molar-refractivity contribution in [2.45, 2.75) is 49.5 Å². The van der Waals surface area contributed by atoms with E-state index < -0.39 is 0 Å². The third kappa shape index (κ3) is 3.64. The number of aromatic nitrogens is 3. The molecule has 176 valence electrons. The van der Waals surface area contributed by atoms with Crippen LogP contribution in [0.4, 0.5) is 0 Å². The van der Waals surface area contributed by atoms with Gasteiger partial charge < -0.3 is 15.2 Å². The fourth-order valence-corrected chi connectivity index (χ4v) is 6.87. The number of hydrogen-bond donors (Lipinski definition) is 2. The zero-order valence-electron chi connectivity index (χ0n) is 19.3. The molecule has 34 heavy (non-hydrogen) atoms. The number of amides is 1. The number of pyridine rings is 1. The second kappa shape index (κ2) is 8.82. The maximum atomic E-state index is 14.3. The van der Waals surface area contributed by atoms with Gasteiger partial charge in [0, 0.05) is 55.5 Å². The van der Waals surface area contributed by atoms with Crippen LogP contribution in [0.2, 0.25) is 5.15 Å². The van der Waals surface area contributed by atoms with Gasteiger partial charge in [0.15, 0.2) is 5.69 Å². The van der Waals surface area contributed by atoms with Crippen LogP contribution < -0.4 is 10.3 Å². The molecule has 0 bridgehead atoms. The number of aromatic amines is 2. The highest BCUT2D eigenvalue weighted by Crippen LogP contribution is 2.47. The van der Waals surface area contributed by atoms with Gasteiger partial charge in [0.25, 0.3) is 5.15 Å². The number of rotatable bonds is 3. The average molecular weight is 477 g/mol. The highest BCUT2D eigenvalue weighted by Gasteiger charge is 2.53. The first-order valence-corrected chi connectivity index (χ1v) is 12.8. The zero-order valence-corrected chi connectivity index (χ0v) is 20.0. The van der Waals surface area contributed by atoms with Gasteiger partial charge in [-0.25, -0.2) is 4.98 Å². The van der Waals surface area contributed by atoms with Crippen LogP contribution in [0.3, 0.4) is 0 Å². The number of H-pyrrole nitrogens is 2. The van der Waals surface area contributed by atoms with Crippen molar-refractivity contribution in [3.05, 3.63) is 82.7 Å². The summed E-state index contributed by atoms with van der Waals surface area (Å²) in [4.78, 5) is 27.7. The highest BCUT2D eigenvalue weighted by molar-refractivity contribution is 6.28. The monoisotopic (exact) mass is 476 g/mol. The van der Waals surface area contributed by atoms with E-state index in [0.717, 1.165) is 51.0 Å². The summed E-state index contributed by atoms with van der Waals surface area (Å²) in [6, 6.07) is 14.7. The maximum Gasteiger partial charge on any atom is 0.273 e. The maximum absolute atomic E-state index is 14.3. The molecule has 4 atom stereocenters. The molecule has 1 spiro atoms. The third-order valence-electron chi connectivity index (χ3n) is 8.32. The number of piperidine rings is 1. The predicted molar refractivity (Wildman–Crippen MR) is 130 cm³/mol. The molecule has 3 aromatic rings. The summed E-state index contributed by atoms with van der Waals surface area (Å²) in [5, 5.41) is 4.23. The molecule has 2 saturated heterocycles. The number of fused-ring (bicyclic) bond motifs is 2. The molecule has 0 radical (unpaired) electrons. The van der Waals surface area contributed by atoms with Crippen LogP contribution in [0.15, 0.2) is 54.9 Å². The van der Waals surface area contributed by atoms with Gasteiger partial charge in [0.05, 0.1) is 12.0 Å². The number of hydrogen-bond acceptors (Lipinski definition) is 3. The van der Waals surface area contributed by atoms with E-state index in [2.05, 4.69) is 61.6 Å². The van der Waals surface area contributed by atoms with Crippen LogP contribution >= 0.6 is 11.6 Å². The van der Waals surface area contributed by atoms with Crippen molar-refractivity contribution >= 4 is 17.5 Å². The Morgan fingerprint density at radius 2 is 2.09 bits per heavy atom. The zero-order chi connectivity index (χ0) is 23.1. The summed E-state index contributed by atoms with van der Waals surface area (Å²) in [5.74, 6) is 1.47. The van der Waals surface area contributed by atoms with Gasteiger partial charge in [0.2, 0.25) is 5.91 Å². The lowest BCUT2D eigenvalue weighted by atomic mass is 9.65. The van der Waals surface area contributed by atoms with E-state index in [1.807, 2.05) is 12.3 Å². The second-order valence-electron chi connectivity index (χ2n) is 10.0. The molecule has 3 aliphatic rings. The highest BCUT2D eigenvalue weighted by atomic mass is 35.5. The number of halogens is 1. The lowest BCUT2D eigenvalue weighted by Gasteiger charge is -2.43. The van der Waals surface area contributed by atoms with Crippen molar-refractivity contribution in [3.63, 3.8) is 0 Å². The smallest absolute Gasteiger partial charge is 0.273 e. The van der Waals surface area contributed by atoms with Gasteiger partial charge in [-0.3, -0.25) is 4.79 Å². The largest absolute Gasteiger partial charge is 0.347 e. The molecule has 1 unspecified atom stereocenters. The fourth-order valence-electron chi connectivity index (χ4n) is 6.69. The first kappa shape index (κ1) is 21.8. The number of nitrogens with one attached hydrogen (secondary N) is 3. The summed E-state index contributed by atoms with van der Waals surface area (Å²) in [6.45, 7) is 2.29. The molecule has 6 rings (SSSR count). The predicted octanol–water partition coefficient (Wildman–Crippen LogP) is 3.82. The summed E-state index contributed by atoms with van der Waals surface area (Å²) in [6.07, 6.45) is 8.57. The van der Waals surface area contributed by atoms with Gasteiger partial charge in [0.1, 0.15) is 5.82 Å². The summed E-state index contributed by atoms with van der Waals surface area (Å²) >= 11 is 6.28.